The lowest BCUT2D eigenvalue weighted by Crippen LogP contribution is -2.45. The summed E-state index contributed by atoms with van der Waals surface area (Å²) >= 11 is 0. The van der Waals surface area contributed by atoms with Crippen LogP contribution in [0.2, 0.25) is 0 Å². The van der Waals surface area contributed by atoms with Gasteiger partial charge in [0.1, 0.15) is 5.66 Å². The molecule has 4 atom stereocenters. The van der Waals surface area contributed by atoms with Gasteiger partial charge in [0.2, 0.25) is 0 Å². The van der Waals surface area contributed by atoms with E-state index in [1.165, 1.54) is 32.1 Å². The molecule has 1 aromatic heterocycles. The molecule has 2 nitrogen and oxygen atoms in total. The molecule has 1 aromatic rings. The molecule has 86 valence electrons. The van der Waals surface area contributed by atoms with E-state index in [4.69, 9.17) is 0 Å². The van der Waals surface area contributed by atoms with Crippen LogP contribution < -0.4 is 0 Å². The highest BCUT2D eigenvalue weighted by Crippen LogP contribution is 2.66. The largest absolute Gasteiger partial charge is 0.348 e. The fourth-order valence-corrected chi connectivity index (χ4v) is 5.99. The van der Waals surface area contributed by atoms with Crippen molar-refractivity contribution in [2.24, 2.45) is 11.8 Å². The average molecular weight is 224 g/mol. The quantitative estimate of drug-likeness (QED) is 0.656. The second kappa shape index (κ2) is 2.09. The Morgan fingerprint density at radius 1 is 1.06 bits per heavy atom. The zero-order valence-electron chi connectivity index (χ0n) is 9.89. The molecule has 0 N–H and O–H groups in total. The standard InChI is InChI=1S/C15H16N2/c1-2-12-6-10-8-14-4-3-13-7-9-5-11(1)16(12)15(9,10)17(13)14/h1-3,9-10,14H,4-8H2/t9?,10?,14?,15-/m1/s1. The number of allylic oxidation sites excluding steroid dienone is 1. The molecule has 17 heavy (non-hydrogen) atoms. The van der Waals surface area contributed by atoms with Crippen molar-refractivity contribution in [3.05, 3.63) is 35.3 Å². The molecular formula is C15H16N2. The summed E-state index contributed by atoms with van der Waals surface area (Å²) in [5.41, 5.74) is 5.36. The van der Waals surface area contributed by atoms with Gasteiger partial charge in [0, 0.05) is 35.0 Å². The molecule has 5 aliphatic heterocycles. The minimum atomic E-state index is 0.418. The SMILES string of the molecule is C1=C2CC3Cc4ccc5n4[C@]34C(C5)CC(C1)N24. The van der Waals surface area contributed by atoms with Crippen LogP contribution in [0.15, 0.2) is 23.9 Å². The second-order valence-corrected chi connectivity index (χ2v) is 6.63. The molecule has 0 aliphatic carbocycles. The predicted octanol–water partition coefficient (Wildman–Crippen LogP) is 2.25. The molecule has 0 aromatic carbocycles. The van der Waals surface area contributed by atoms with Crippen molar-refractivity contribution in [3.8, 4) is 0 Å². The van der Waals surface area contributed by atoms with Crippen molar-refractivity contribution in [2.45, 2.75) is 43.8 Å². The molecule has 0 amide bonds. The van der Waals surface area contributed by atoms with Gasteiger partial charge >= 0.3 is 0 Å². The van der Waals surface area contributed by atoms with Crippen LogP contribution in [0.25, 0.3) is 0 Å². The summed E-state index contributed by atoms with van der Waals surface area (Å²) in [6, 6.07) is 5.64. The summed E-state index contributed by atoms with van der Waals surface area (Å²) < 4.78 is 2.76. The van der Waals surface area contributed by atoms with Crippen molar-refractivity contribution in [2.75, 3.05) is 0 Å². The molecule has 5 aliphatic rings. The lowest BCUT2D eigenvalue weighted by Gasteiger charge is -2.37. The van der Waals surface area contributed by atoms with E-state index in [1.807, 2.05) is 0 Å². The maximum atomic E-state index is 2.86. The van der Waals surface area contributed by atoms with Crippen molar-refractivity contribution in [1.82, 2.24) is 9.47 Å². The smallest absolute Gasteiger partial charge is 0.124 e. The first-order valence-corrected chi connectivity index (χ1v) is 7.07. The number of nitrogens with zero attached hydrogens (tertiary/aromatic N) is 2. The molecule has 6 rings (SSSR count). The third-order valence-corrected chi connectivity index (χ3v) is 6.21. The van der Waals surface area contributed by atoms with Gasteiger partial charge in [-0.1, -0.05) is 6.08 Å². The van der Waals surface area contributed by atoms with Crippen LogP contribution in [0.5, 0.6) is 0 Å². The van der Waals surface area contributed by atoms with E-state index in [-0.39, 0.29) is 0 Å². The summed E-state index contributed by atoms with van der Waals surface area (Å²) in [5, 5.41) is 0. The minimum Gasteiger partial charge on any atom is -0.348 e. The third-order valence-electron chi connectivity index (χ3n) is 6.21. The van der Waals surface area contributed by atoms with E-state index in [2.05, 4.69) is 27.7 Å². The lowest BCUT2D eigenvalue weighted by atomic mass is 9.83. The Kier molecular flexibility index (Phi) is 0.984. The molecule has 0 saturated carbocycles. The molecule has 0 bridgehead atoms. The average Bonchev–Trinajstić information content (AvgIpc) is 2.97. The number of hydrogen-bond donors (Lipinski definition) is 0. The van der Waals surface area contributed by atoms with Gasteiger partial charge in [-0.15, -0.1) is 0 Å². The molecule has 2 heteroatoms. The van der Waals surface area contributed by atoms with Gasteiger partial charge in [0.15, 0.2) is 0 Å². The van der Waals surface area contributed by atoms with E-state index in [1.54, 1.807) is 17.1 Å². The Balaban J connectivity index is 1.75. The van der Waals surface area contributed by atoms with Crippen LogP contribution in [0.3, 0.4) is 0 Å². The van der Waals surface area contributed by atoms with E-state index < -0.39 is 0 Å². The molecule has 2 fully saturated rings. The maximum Gasteiger partial charge on any atom is 0.124 e. The zero-order valence-corrected chi connectivity index (χ0v) is 9.89. The van der Waals surface area contributed by atoms with Gasteiger partial charge in [-0.3, -0.25) is 0 Å². The molecule has 3 unspecified atom stereocenters. The fourth-order valence-electron chi connectivity index (χ4n) is 5.99. The Morgan fingerprint density at radius 3 is 2.76 bits per heavy atom. The van der Waals surface area contributed by atoms with Crippen LogP contribution in [-0.2, 0) is 18.5 Å². The van der Waals surface area contributed by atoms with Gasteiger partial charge in [-0.05, 0) is 44.2 Å². The van der Waals surface area contributed by atoms with Gasteiger partial charge in [-0.25, -0.2) is 0 Å². The van der Waals surface area contributed by atoms with Gasteiger partial charge in [0.05, 0.1) is 0 Å². The number of rotatable bonds is 0. The summed E-state index contributed by atoms with van der Waals surface area (Å²) in [5.74, 6) is 1.81. The Labute approximate surface area is 101 Å². The Bertz CT molecular complexity index is 583. The van der Waals surface area contributed by atoms with Gasteiger partial charge in [-0.2, -0.15) is 0 Å². The molecule has 1 spiro atoms. The van der Waals surface area contributed by atoms with Crippen molar-refractivity contribution < 1.29 is 0 Å². The van der Waals surface area contributed by atoms with E-state index in [9.17, 15) is 0 Å². The first kappa shape index (κ1) is 8.02. The maximum absolute atomic E-state index is 2.86. The summed E-state index contributed by atoms with van der Waals surface area (Å²) in [7, 11) is 0. The summed E-state index contributed by atoms with van der Waals surface area (Å²) in [6.07, 6.45) is 9.33. The summed E-state index contributed by atoms with van der Waals surface area (Å²) in [6.45, 7) is 0. The summed E-state index contributed by atoms with van der Waals surface area (Å²) in [4.78, 5) is 2.86. The monoisotopic (exact) mass is 224 g/mol. The normalized spacial score (nSPS) is 46.7. The van der Waals surface area contributed by atoms with Crippen LogP contribution in [0, 0.1) is 11.8 Å². The van der Waals surface area contributed by atoms with Crippen LogP contribution in [0.1, 0.15) is 30.7 Å². The van der Waals surface area contributed by atoms with Crippen LogP contribution in [0.4, 0.5) is 0 Å². The van der Waals surface area contributed by atoms with Gasteiger partial charge in [0.25, 0.3) is 0 Å². The first-order chi connectivity index (χ1) is 8.39. The van der Waals surface area contributed by atoms with E-state index in [0.717, 1.165) is 17.9 Å². The van der Waals surface area contributed by atoms with Crippen LogP contribution >= 0.6 is 0 Å². The Morgan fingerprint density at radius 2 is 1.88 bits per heavy atom. The highest BCUT2D eigenvalue weighted by Gasteiger charge is 2.69. The number of aromatic nitrogens is 1. The topological polar surface area (TPSA) is 8.17 Å². The minimum absolute atomic E-state index is 0.418. The molecule has 2 saturated heterocycles. The lowest BCUT2D eigenvalue weighted by molar-refractivity contribution is 0.0650. The zero-order chi connectivity index (χ0) is 10.8. The first-order valence-electron chi connectivity index (χ1n) is 7.07. The number of hydrogen-bond acceptors (Lipinski definition) is 1. The van der Waals surface area contributed by atoms with E-state index >= 15 is 0 Å². The molecule has 6 heterocycles. The Hall–Kier alpha value is -1.18. The predicted molar refractivity (Wildman–Crippen MR) is 64.4 cm³/mol. The van der Waals surface area contributed by atoms with Crippen LogP contribution in [-0.4, -0.2) is 15.5 Å². The van der Waals surface area contributed by atoms with Crippen molar-refractivity contribution in [1.29, 1.82) is 0 Å². The molecule has 0 radical (unpaired) electrons. The second-order valence-electron chi connectivity index (χ2n) is 6.63. The molecular weight excluding hydrogens is 208 g/mol. The van der Waals surface area contributed by atoms with Crippen molar-refractivity contribution in [3.63, 3.8) is 0 Å². The highest BCUT2D eigenvalue weighted by molar-refractivity contribution is 5.40. The van der Waals surface area contributed by atoms with Gasteiger partial charge < -0.3 is 9.47 Å². The van der Waals surface area contributed by atoms with E-state index in [0.29, 0.717) is 5.66 Å². The van der Waals surface area contributed by atoms with Crippen molar-refractivity contribution >= 4 is 0 Å². The highest BCUT2D eigenvalue weighted by atomic mass is 15.5. The fraction of sp³-hybridized carbons (Fsp3) is 0.600. The third kappa shape index (κ3) is 0.580.